The molecule has 4 heteroatoms. The van der Waals surface area contributed by atoms with Crippen LogP contribution in [0.25, 0.3) is 0 Å². The van der Waals surface area contributed by atoms with Crippen LogP contribution < -0.4 is 5.32 Å². The number of aliphatic hydroxyl groups excluding tert-OH is 1. The molecule has 1 atom stereocenters. The summed E-state index contributed by atoms with van der Waals surface area (Å²) >= 11 is 0. The van der Waals surface area contributed by atoms with Gasteiger partial charge in [0.1, 0.15) is 0 Å². The predicted molar refractivity (Wildman–Crippen MR) is 92.2 cm³/mol. The molecular formula is C19H34N2O2. The second kappa shape index (κ2) is 7.98. The van der Waals surface area contributed by atoms with E-state index >= 15 is 0 Å². The van der Waals surface area contributed by atoms with Crippen LogP contribution in [0.3, 0.4) is 0 Å². The number of rotatable bonds is 7. The van der Waals surface area contributed by atoms with Crippen molar-refractivity contribution in [1.29, 1.82) is 0 Å². The van der Waals surface area contributed by atoms with Crippen LogP contribution in [0.5, 0.6) is 0 Å². The van der Waals surface area contributed by atoms with E-state index < -0.39 is 0 Å². The number of likely N-dealkylation sites (tertiary alicyclic amines) is 1. The molecule has 4 nitrogen and oxygen atoms in total. The lowest BCUT2D eigenvalue weighted by atomic mass is 9.76. The molecule has 1 saturated heterocycles. The molecule has 23 heavy (non-hydrogen) atoms. The summed E-state index contributed by atoms with van der Waals surface area (Å²) in [5, 5.41) is 13.1. The van der Waals surface area contributed by atoms with Crippen LogP contribution in [0.4, 0.5) is 0 Å². The fraction of sp³-hybridized carbons (Fsp3) is 0.947. The molecule has 0 aromatic rings. The largest absolute Gasteiger partial charge is 0.396 e. The molecule has 0 radical (unpaired) electrons. The lowest BCUT2D eigenvalue weighted by Gasteiger charge is -2.42. The lowest BCUT2D eigenvalue weighted by Crippen LogP contribution is -2.47. The number of nitrogens with zero attached hydrogens (tertiary/aromatic N) is 1. The smallest absolute Gasteiger partial charge is 0.221 e. The van der Waals surface area contributed by atoms with Crippen molar-refractivity contribution in [3.8, 4) is 0 Å². The molecule has 0 aromatic heterocycles. The fourth-order valence-electron chi connectivity index (χ4n) is 4.60. The minimum atomic E-state index is 0.110. The molecule has 2 aliphatic carbocycles. The van der Waals surface area contributed by atoms with Gasteiger partial charge in [0, 0.05) is 37.6 Å². The standard InChI is InChI=1S/C19H34N2O2/c22-15-19(13-16-7-8-16)10-4-11-21(14-19)12-9-18(23)20-17-5-2-1-3-6-17/h16-17,22H,1-15H2,(H,20,23)/t19-/m1/s1. The molecule has 3 rings (SSSR count). The minimum Gasteiger partial charge on any atom is -0.396 e. The van der Waals surface area contributed by atoms with Gasteiger partial charge in [0.2, 0.25) is 5.91 Å². The molecule has 1 heterocycles. The molecule has 1 aliphatic heterocycles. The molecular weight excluding hydrogens is 288 g/mol. The molecule has 2 saturated carbocycles. The number of carbonyl (C=O) groups excluding carboxylic acids is 1. The highest BCUT2D eigenvalue weighted by Gasteiger charge is 2.39. The summed E-state index contributed by atoms with van der Waals surface area (Å²) in [6.45, 7) is 3.24. The normalized spacial score (nSPS) is 30.3. The second-order valence-corrected chi connectivity index (χ2v) is 8.34. The van der Waals surface area contributed by atoms with Crippen LogP contribution in [-0.2, 0) is 4.79 Å². The van der Waals surface area contributed by atoms with Gasteiger partial charge in [-0.3, -0.25) is 4.79 Å². The second-order valence-electron chi connectivity index (χ2n) is 8.34. The summed E-state index contributed by atoms with van der Waals surface area (Å²) in [6, 6.07) is 0.420. The predicted octanol–water partition coefficient (Wildman–Crippen LogP) is 2.70. The van der Waals surface area contributed by atoms with Crippen LogP contribution in [0.2, 0.25) is 0 Å². The number of amides is 1. The van der Waals surface area contributed by atoms with Crippen LogP contribution >= 0.6 is 0 Å². The van der Waals surface area contributed by atoms with Gasteiger partial charge in [0.05, 0.1) is 0 Å². The Morgan fingerprint density at radius 3 is 2.61 bits per heavy atom. The van der Waals surface area contributed by atoms with Crippen molar-refractivity contribution in [2.75, 3.05) is 26.2 Å². The summed E-state index contributed by atoms with van der Waals surface area (Å²) in [5.41, 5.74) is 0.110. The molecule has 0 unspecified atom stereocenters. The Balaban J connectivity index is 1.40. The van der Waals surface area contributed by atoms with E-state index in [9.17, 15) is 9.90 Å². The van der Waals surface area contributed by atoms with Crippen molar-refractivity contribution in [3.63, 3.8) is 0 Å². The van der Waals surface area contributed by atoms with Crippen molar-refractivity contribution < 1.29 is 9.90 Å². The molecule has 2 N–H and O–H groups in total. The van der Waals surface area contributed by atoms with E-state index in [1.165, 1.54) is 38.5 Å². The van der Waals surface area contributed by atoms with Crippen molar-refractivity contribution in [2.45, 2.75) is 76.7 Å². The first kappa shape index (κ1) is 17.2. The number of hydrogen-bond donors (Lipinski definition) is 2. The van der Waals surface area contributed by atoms with Crippen molar-refractivity contribution in [1.82, 2.24) is 10.2 Å². The summed E-state index contributed by atoms with van der Waals surface area (Å²) in [4.78, 5) is 14.6. The average molecular weight is 322 g/mol. The van der Waals surface area contributed by atoms with Crippen molar-refractivity contribution >= 4 is 5.91 Å². The van der Waals surface area contributed by atoms with Gasteiger partial charge in [-0.05, 0) is 44.6 Å². The Morgan fingerprint density at radius 1 is 1.13 bits per heavy atom. The van der Waals surface area contributed by atoms with Crippen LogP contribution in [0.1, 0.15) is 70.6 Å². The third-order valence-corrected chi connectivity index (χ3v) is 6.12. The lowest BCUT2D eigenvalue weighted by molar-refractivity contribution is -0.122. The Morgan fingerprint density at radius 2 is 1.91 bits per heavy atom. The fourth-order valence-corrected chi connectivity index (χ4v) is 4.60. The zero-order valence-electron chi connectivity index (χ0n) is 14.6. The first-order chi connectivity index (χ1) is 11.2. The van der Waals surface area contributed by atoms with Gasteiger partial charge in [-0.15, -0.1) is 0 Å². The van der Waals surface area contributed by atoms with Gasteiger partial charge in [0.25, 0.3) is 0 Å². The summed E-state index contributed by atoms with van der Waals surface area (Å²) in [5.74, 6) is 1.08. The van der Waals surface area contributed by atoms with Gasteiger partial charge < -0.3 is 15.3 Å². The number of hydrogen-bond acceptors (Lipinski definition) is 3. The maximum absolute atomic E-state index is 12.2. The van der Waals surface area contributed by atoms with Crippen LogP contribution in [0.15, 0.2) is 0 Å². The highest BCUT2D eigenvalue weighted by molar-refractivity contribution is 5.76. The molecule has 0 bridgehead atoms. The van der Waals surface area contributed by atoms with Gasteiger partial charge in [-0.25, -0.2) is 0 Å². The van der Waals surface area contributed by atoms with E-state index in [0.29, 0.717) is 19.1 Å². The number of carbonyl (C=O) groups is 1. The van der Waals surface area contributed by atoms with Gasteiger partial charge in [0.15, 0.2) is 0 Å². The van der Waals surface area contributed by atoms with Gasteiger partial charge in [-0.2, -0.15) is 0 Å². The first-order valence-electron chi connectivity index (χ1n) is 9.82. The average Bonchev–Trinajstić information content (AvgIpc) is 3.38. The van der Waals surface area contributed by atoms with E-state index in [-0.39, 0.29) is 11.3 Å². The quantitative estimate of drug-likeness (QED) is 0.758. The van der Waals surface area contributed by atoms with Crippen molar-refractivity contribution in [3.05, 3.63) is 0 Å². The minimum absolute atomic E-state index is 0.110. The highest BCUT2D eigenvalue weighted by Crippen LogP contribution is 2.44. The van der Waals surface area contributed by atoms with Gasteiger partial charge in [-0.1, -0.05) is 32.1 Å². The molecule has 0 aromatic carbocycles. The summed E-state index contributed by atoms with van der Waals surface area (Å²) in [7, 11) is 0. The highest BCUT2D eigenvalue weighted by atomic mass is 16.3. The number of piperidine rings is 1. The maximum atomic E-state index is 12.2. The zero-order valence-corrected chi connectivity index (χ0v) is 14.6. The maximum Gasteiger partial charge on any atom is 0.221 e. The molecule has 0 spiro atoms. The number of aliphatic hydroxyl groups is 1. The third-order valence-electron chi connectivity index (χ3n) is 6.12. The topological polar surface area (TPSA) is 52.6 Å². The zero-order chi connectivity index (χ0) is 16.1. The summed E-state index contributed by atoms with van der Waals surface area (Å²) < 4.78 is 0. The van der Waals surface area contributed by atoms with E-state index in [2.05, 4.69) is 10.2 Å². The third kappa shape index (κ3) is 5.18. The van der Waals surface area contributed by atoms with Gasteiger partial charge >= 0.3 is 0 Å². The van der Waals surface area contributed by atoms with Crippen molar-refractivity contribution in [2.24, 2.45) is 11.3 Å². The monoisotopic (exact) mass is 322 g/mol. The molecule has 132 valence electrons. The molecule has 1 amide bonds. The SMILES string of the molecule is O=C(CCN1CCC[C@@](CO)(CC2CC2)C1)NC1CCCCC1. The number of nitrogens with one attached hydrogen (secondary N) is 1. The Labute approximate surface area is 141 Å². The van der Waals surface area contributed by atoms with E-state index in [0.717, 1.165) is 51.2 Å². The summed E-state index contributed by atoms with van der Waals surface area (Å²) in [6.07, 6.45) is 13.0. The molecule has 3 fully saturated rings. The molecule has 3 aliphatic rings. The van der Waals surface area contributed by atoms with Crippen LogP contribution in [0, 0.1) is 11.3 Å². The van der Waals surface area contributed by atoms with E-state index in [1.54, 1.807) is 0 Å². The first-order valence-corrected chi connectivity index (χ1v) is 9.82. The van der Waals surface area contributed by atoms with E-state index in [4.69, 9.17) is 0 Å². The Kier molecular flexibility index (Phi) is 5.97. The Hall–Kier alpha value is -0.610. The Bertz CT molecular complexity index is 391. The van der Waals surface area contributed by atoms with E-state index in [1.807, 2.05) is 0 Å². The van der Waals surface area contributed by atoms with Crippen LogP contribution in [-0.4, -0.2) is 48.2 Å².